The van der Waals surface area contributed by atoms with Gasteiger partial charge in [-0.3, -0.25) is 4.98 Å². The van der Waals surface area contributed by atoms with Crippen LogP contribution in [0.4, 0.5) is 0 Å². The second-order valence-corrected chi connectivity index (χ2v) is 3.34. The van der Waals surface area contributed by atoms with Gasteiger partial charge >= 0.3 is 0 Å². The Hall–Kier alpha value is -0.970. The molecule has 0 radical (unpaired) electrons. The van der Waals surface area contributed by atoms with Crippen molar-refractivity contribution >= 4 is 0 Å². The lowest BCUT2D eigenvalue weighted by molar-refractivity contribution is 0.0937. The highest BCUT2D eigenvalue weighted by atomic mass is 16.5. The third kappa shape index (κ3) is 5.47. The van der Waals surface area contributed by atoms with Crippen LogP contribution in [-0.4, -0.2) is 36.5 Å². The van der Waals surface area contributed by atoms with Gasteiger partial charge < -0.3 is 15.2 Å². The average molecular weight is 210 g/mol. The summed E-state index contributed by atoms with van der Waals surface area (Å²) in [5.41, 5.74) is 2.20. The van der Waals surface area contributed by atoms with Crippen molar-refractivity contribution in [3.63, 3.8) is 0 Å². The van der Waals surface area contributed by atoms with E-state index in [4.69, 9.17) is 9.84 Å². The molecule has 0 aliphatic heterocycles. The zero-order valence-corrected chi connectivity index (χ0v) is 9.07. The number of aliphatic hydroxyl groups is 1. The predicted molar refractivity (Wildman–Crippen MR) is 58.6 cm³/mol. The maximum atomic E-state index is 8.47. The molecule has 0 unspecified atom stereocenters. The highest BCUT2D eigenvalue weighted by molar-refractivity contribution is 5.11. The number of nitrogens with one attached hydrogen (secondary N) is 1. The molecule has 0 atom stereocenters. The fraction of sp³-hybridized carbons (Fsp3) is 0.545. The van der Waals surface area contributed by atoms with Gasteiger partial charge in [-0.25, -0.2) is 0 Å². The lowest BCUT2D eigenvalue weighted by atomic mass is 10.3. The van der Waals surface area contributed by atoms with Gasteiger partial charge in [0.15, 0.2) is 0 Å². The van der Waals surface area contributed by atoms with Gasteiger partial charge in [0.2, 0.25) is 0 Å². The number of hydrogen-bond acceptors (Lipinski definition) is 4. The minimum absolute atomic E-state index is 0.0829. The van der Waals surface area contributed by atoms with Crippen LogP contribution in [0.25, 0.3) is 0 Å². The Morgan fingerprint density at radius 2 is 2.27 bits per heavy atom. The molecule has 2 N–H and O–H groups in total. The summed E-state index contributed by atoms with van der Waals surface area (Å²) in [5.74, 6) is 0. The lowest BCUT2D eigenvalue weighted by Crippen LogP contribution is -2.20. The summed E-state index contributed by atoms with van der Waals surface area (Å²) in [7, 11) is 0. The Morgan fingerprint density at radius 3 is 2.93 bits per heavy atom. The molecular weight excluding hydrogens is 192 g/mol. The second kappa shape index (κ2) is 7.34. The molecule has 15 heavy (non-hydrogen) atoms. The topological polar surface area (TPSA) is 54.4 Å². The first-order valence-electron chi connectivity index (χ1n) is 5.14. The third-order valence-electron chi connectivity index (χ3n) is 1.94. The molecule has 0 spiro atoms. The summed E-state index contributed by atoms with van der Waals surface area (Å²) in [6, 6.07) is 4.06. The number of hydrogen-bond donors (Lipinski definition) is 2. The SMILES string of the molecule is Cc1ccc(CNCCOCCO)nc1. The Bertz CT molecular complexity index is 262. The Labute approximate surface area is 90.3 Å². The molecule has 1 heterocycles. The number of aromatic nitrogens is 1. The predicted octanol–water partition coefficient (Wildman–Crippen LogP) is 0.489. The van der Waals surface area contributed by atoms with E-state index in [1.54, 1.807) is 0 Å². The van der Waals surface area contributed by atoms with Gasteiger partial charge in [0.1, 0.15) is 0 Å². The largest absolute Gasteiger partial charge is 0.394 e. The number of nitrogens with zero attached hydrogens (tertiary/aromatic N) is 1. The molecule has 1 rings (SSSR count). The van der Waals surface area contributed by atoms with Crippen molar-refractivity contribution in [2.24, 2.45) is 0 Å². The fourth-order valence-electron chi connectivity index (χ4n) is 1.13. The van der Waals surface area contributed by atoms with E-state index in [-0.39, 0.29) is 6.61 Å². The van der Waals surface area contributed by atoms with Crippen LogP contribution in [0.2, 0.25) is 0 Å². The zero-order valence-electron chi connectivity index (χ0n) is 9.07. The first kappa shape index (κ1) is 12.1. The summed E-state index contributed by atoms with van der Waals surface area (Å²) in [4.78, 5) is 4.27. The molecule has 0 fully saturated rings. The third-order valence-corrected chi connectivity index (χ3v) is 1.94. The molecule has 0 amide bonds. The summed E-state index contributed by atoms with van der Waals surface area (Å²) in [6.45, 7) is 4.65. The number of aliphatic hydroxyl groups excluding tert-OH is 1. The maximum absolute atomic E-state index is 8.47. The molecule has 84 valence electrons. The fourth-order valence-corrected chi connectivity index (χ4v) is 1.13. The Kier molecular flexibility index (Phi) is 5.92. The normalized spacial score (nSPS) is 10.5. The van der Waals surface area contributed by atoms with Gasteiger partial charge in [0.05, 0.1) is 25.5 Å². The van der Waals surface area contributed by atoms with E-state index in [0.29, 0.717) is 13.2 Å². The van der Waals surface area contributed by atoms with Crippen LogP contribution >= 0.6 is 0 Å². The van der Waals surface area contributed by atoms with Crippen LogP contribution < -0.4 is 5.32 Å². The van der Waals surface area contributed by atoms with Gasteiger partial charge in [0, 0.05) is 19.3 Å². The number of ether oxygens (including phenoxy) is 1. The van der Waals surface area contributed by atoms with E-state index in [2.05, 4.69) is 10.3 Å². The molecule has 0 saturated carbocycles. The van der Waals surface area contributed by atoms with Crippen LogP contribution in [-0.2, 0) is 11.3 Å². The quantitative estimate of drug-likeness (QED) is 0.643. The van der Waals surface area contributed by atoms with Crippen molar-refractivity contribution in [2.75, 3.05) is 26.4 Å². The number of rotatable bonds is 7. The molecule has 0 bridgehead atoms. The molecule has 4 nitrogen and oxygen atoms in total. The van der Waals surface area contributed by atoms with Crippen molar-refractivity contribution in [3.05, 3.63) is 29.6 Å². The average Bonchev–Trinajstić information content (AvgIpc) is 2.26. The van der Waals surface area contributed by atoms with E-state index < -0.39 is 0 Å². The van der Waals surface area contributed by atoms with E-state index in [0.717, 1.165) is 18.8 Å². The Balaban J connectivity index is 2.07. The van der Waals surface area contributed by atoms with Gasteiger partial charge in [0.25, 0.3) is 0 Å². The minimum atomic E-state index is 0.0829. The standard InChI is InChI=1S/C11H18N2O2/c1-10-2-3-11(13-8-10)9-12-4-6-15-7-5-14/h2-3,8,12,14H,4-7,9H2,1H3. The molecule has 1 aromatic heterocycles. The molecule has 0 aromatic carbocycles. The summed E-state index contributed by atoms with van der Waals surface area (Å²) in [6.07, 6.45) is 1.86. The van der Waals surface area contributed by atoms with Crippen LogP contribution in [0.5, 0.6) is 0 Å². The van der Waals surface area contributed by atoms with Gasteiger partial charge in [-0.05, 0) is 18.6 Å². The van der Waals surface area contributed by atoms with E-state index in [1.165, 1.54) is 5.56 Å². The molecule has 1 aromatic rings. The lowest BCUT2D eigenvalue weighted by Gasteiger charge is -2.04. The highest BCUT2D eigenvalue weighted by Crippen LogP contribution is 1.97. The van der Waals surface area contributed by atoms with Gasteiger partial charge in [-0.15, -0.1) is 0 Å². The first-order valence-corrected chi connectivity index (χ1v) is 5.14. The Morgan fingerprint density at radius 1 is 1.40 bits per heavy atom. The summed E-state index contributed by atoms with van der Waals surface area (Å²) < 4.78 is 5.11. The highest BCUT2D eigenvalue weighted by Gasteiger charge is 1.93. The van der Waals surface area contributed by atoms with Crippen LogP contribution in [0, 0.1) is 6.92 Å². The zero-order chi connectivity index (χ0) is 10.9. The smallest absolute Gasteiger partial charge is 0.0698 e. The van der Waals surface area contributed by atoms with Crippen molar-refractivity contribution in [1.29, 1.82) is 0 Å². The second-order valence-electron chi connectivity index (χ2n) is 3.34. The molecule has 0 saturated heterocycles. The van der Waals surface area contributed by atoms with Crippen molar-refractivity contribution in [2.45, 2.75) is 13.5 Å². The summed E-state index contributed by atoms with van der Waals surface area (Å²) >= 11 is 0. The van der Waals surface area contributed by atoms with Gasteiger partial charge in [-0.1, -0.05) is 6.07 Å². The molecule has 4 heteroatoms. The first-order chi connectivity index (χ1) is 7.33. The minimum Gasteiger partial charge on any atom is -0.394 e. The van der Waals surface area contributed by atoms with Crippen molar-refractivity contribution in [3.8, 4) is 0 Å². The van der Waals surface area contributed by atoms with Crippen molar-refractivity contribution in [1.82, 2.24) is 10.3 Å². The van der Waals surface area contributed by atoms with Crippen LogP contribution in [0.3, 0.4) is 0 Å². The van der Waals surface area contributed by atoms with E-state index >= 15 is 0 Å². The molecule has 0 aliphatic rings. The van der Waals surface area contributed by atoms with Crippen LogP contribution in [0.15, 0.2) is 18.3 Å². The van der Waals surface area contributed by atoms with Crippen LogP contribution in [0.1, 0.15) is 11.3 Å². The van der Waals surface area contributed by atoms with Gasteiger partial charge in [-0.2, -0.15) is 0 Å². The van der Waals surface area contributed by atoms with E-state index in [1.807, 2.05) is 25.3 Å². The van der Waals surface area contributed by atoms with E-state index in [9.17, 15) is 0 Å². The number of aryl methyl sites for hydroxylation is 1. The van der Waals surface area contributed by atoms with Crippen molar-refractivity contribution < 1.29 is 9.84 Å². The molecule has 0 aliphatic carbocycles. The summed E-state index contributed by atoms with van der Waals surface area (Å²) in [5, 5.41) is 11.7. The maximum Gasteiger partial charge on any atom is 0.0698 e. The number of pyridine rings is 1. The molecular formula is C11H18N2O2. The monoisotopic (exact) mass is 210 g/mol.